The molecule has 2 rings (SSSR count). The molecule has 0 fully saturated rings. The molecule has 12 nitrogen and oxygen atoms in total. The lowest BCUT2D eigenvalue weighted by molar-refractivity contribution is -0.151. The number of ketones is 1. The number of rotatable bonds is 13. The maximum atomic E-state index is 13.5. The molecule has 0 aliphatic heterocycles. The van der Waals surface area contributed by atoms with Crippen LogP contribution >= 0.6 is 0 Å². The Morgan fingerprint density at radius 1 is 1.05 bits per heavy atom. The maximum Gasteiger partial charge on any atom is 0.294 e. The number of hydrazine groups is 1. The molecule has 13 heteroatoms. The Bertz CT molecular complexity index is 1390. The monoisotopic (exact) mass is 615 g/mol. The Morgan fingerprint density at radius 3 is 2.07 bits per heavy atom. The summed E-state index contributed by atoms with van der Waals surface area (Å²) in [6.45, 7) is 7.03. The van der Waals surface area contributed by atoms with Gasteiger partial charge < -0.3 is 5.73 Å². The van der Waals surface area contributed by atoms with Gasteiger partial charge in [0.2, 0.25) is 11.8 Å². The van der Waals surface area contributed by atoms with E-state index in [1.807, 2.05) is 45.0 Å². The van der Waals surface area contributed by atoms with Gasteiger partial charge in [0.05, 0.1) is 34.3 Å². The van der Waals surface area contributed by atoms with Gasteiger partial charge in [-0.3, -0.25) is 29.6 Å². The van der Waals surface area contributed by atoms with Crippen molar-refractivity contribution < 1.29 is 32.6 Å². The number of nitrogens with one attached hydrogen (secondary N) is 2. The zero-order valence-corrected chi connectivity index (χ0v) is 25.5. The van der Waals surface area contributed by atoms with E-state index in [0.717, 1.165) is 11.1 Å². The highest BCUT2D eigenvalue weighted by molar-refractivity contribution is 7.85. The fourth-order valence-electron chi connectivity index (χ4n) is 4.76. The van der Waals surface area contributed by atoms with Crippen molar-refractivity contribution in [2.24, 2.45) is 34.7 Å². The highest BCUT2D eigenvalue weighted by atomic mass is 32.2. The number of amides is 2. The molecule has 43 heavy (non-hydrogen) atoms. The van der Waals surface area contributed by atoms with Crippen molar-refractivity contribution in [3.05, 3.63) is 71.8 Å². The molecule has 2 aromatic carbocycles. The topological polar surface area (TPSA) is 226 Å². The number of nitriles is 1. The number of carbonyl (C=O) groups is 3. The first-order valence-electron chi connectivity index (χ1n) is 13.5. The average Bonchev–Trinajstić information content (AvgIpc) is 2.97. The third kappa shape index (κ3) is 11.0. The van der Waals surface area contributed by atoms with Crippen LogP contribution in [0.3, 0.4) is 0 Å². The number of nitrogens with zero attached hydrogens (tertiary/aromatic N) is 1. The van der Waals surface area contributed by atoms with Crippen LogP contribution in [0.25, 0.3) is 6.08 Å². The molecule has 0 aromatic heterocycles. The average molecular weight is 616 g/mol. The van der Waals surface area contributed by atoms with E-state index in [-0.39, 0.29) is 30.1 Å². The third-order valence-electron chi connectivity index (χ3n) is 6.77. The van der Waals surface area contributed by atoms with Crippen molar-refractivity contribution in [2.45, 2.75) is 57.9 Å². The number of Topliss-reactive ketones (excluding diaryl/α,β-unsaturated/α-hetero) is 1. The van der Waals surface area contributed by atoms with Crippen LogP contribution in [-0.2, 0) is 24.5 Å². The molecule has 2 aromatic rings. The molecule has 8 N–H and O–H groups in total. The van der Waals surface area contributed by atoms with Crippen LogP contribution in [-0.4, -0.2) is 41.8 Å². The molecule has 4 atom stereocenters. The molecule has 2 amide bonds. The van der Waals surface area contributed by atoms with Gasteiger partial charge in [0.25, 0.3) is 10.1 Å². The lowest BCUT2D eigenvalue weighted by atomic mass is 9.61. The highest BCUT2D eigenvalue weighted by Gasteiger charge is 2.52. The van der Waals surface area contributed by atoms with Crippen LogP contribution in [0.4, 0.5) is 0 Å². The molecular formula is C30H41N5O7S. The minimum atomic E-state index is -4.02. The number of carbonyl (C=O) groups excluding carboxylic acids is 3. The molecule has 0 aliphatic carbocycles. The zero-order chi connectivity index (χ0) is 32.8. The number of allylic oxidation sites excluding steroid dienone is 1. The predicted molar refractivity (Wildman–Crippen MR) is 161 cm³/mol. The fraction of sp³-hybridized carbons (Fsp3) is 0.400. The van der Waals surface area contributed by atoms with E-state index < -0.39 is 51.0 Å². The van der Waals surface area contributed by atoms with Crippen molar-refractivity contribution in [3.8, 4) is 6.07 Å². The minimum absolute atomic E-state index is 0.0385. The molecule has 0 aliphatic rings. The zero-order valence-electron chi connectivity index (χ0n) is 24.7. The Morgan fingerprint density at radius 2 is 1.63 bits per heavy atom. The number of hydrogen-bond donors (Lipinski definition) is 6. The summed E-state index contributed by atoms with van der Waals surface area (Å²) in [4.78, 5) is 39.3. The van der Waals surface area contributed by atoms with E-state index in [1.54, 1.807) is 35.8 Å². The summed E-state index contributed by atoms with van der Waals surface area (Å²) in [5.74, 6) is 0.841. The second-order valence-electron chi connectivity index (χ2n) is 10.6. The Balaban J connectivity index is 0.000000699. The lowest BCUT2D eigenvalue weighted by Gasteiger charge is -2.40. The SMILES string of the molecule is CC(C)C[C@@H](C(=O)NN)[C@H](C(=O)NO)C(/C=C/c1ccccc1)(CCC#N)C(=O)[C@@H](C)N.Cc1ccc(S(=O)(=O)O)cc1. The van der Waals surface area contributed by atoms with Gasteiger partial charge in [0.15, 0.2) is 5.78 Å². The second kappa shape index (κ2) is 17.3. The lowest BCUT2D eigenvalue weighted by Crippen LogP contribution is -2.56. The number of hydrogen-bond acceptors (Lipinski definition) is 9. The first kappa shape index (κ1) is 37.1. The standard InChI is InChI=1S/C23H33N5O4.C7H8O3S/c1-15(2)14-18(21(30)27-26)19(22(31)28-32)23(11-7-13-24,20(29)16(3)25)12-10-17-8-5-4-6-9-17;1-6-2-4-7(5-3-6)11(8,9)10/h4-6,8-10,12,15-16,18-19,32H,7,11,14,25-26H2,1-3H3,(H,27,30)(H,28,31);2-5H,1H3,(H,8,9,10)/b12-10+;/t16-,18-,19-,23?;/m1./s1. The van der Waals surface area contributed by atoms with Gasteiger partial charge in [-0.25, -0.2) is 11.3 Å². The smallest absolute Gasteiger partial charge is 0.294 e. The van der Waals surface area contributed by atoms with Crippen LogP contribution in [0, 0.1) is 41.4 Å². The molecule has 0 heterocycles. The van der Waals surface area contributed by atoms with E-state index in [9.17, 15) is 33.3 Å². The quantitative estimate of drug-likeness (QED) is 0.0635. The number of benzene rings is 2. The molecule has 0 spiro atoms. The molecule has 0 saturated carbocycles. The summed E-state index contributed by atoms with van der Waals surface area (Å²) in [6, 6.07) is 16.1. The van der Waals surface area contributed by atoms with E-state index in [2.05, 4.69) is 5.43 Å². The van der Waals surface area contributed by atoms with Crippen molar-refractivity contribution in [1.29, 1.82) is 5.26 Å². The van der Waals surface area contributed by atoms with Crippen molar-refractivity contribution in [2.75, 3.05) is 0 Å². The number of hydroxylamine groups is 1. The van der Waals surface area contributed by atoms with Gasteiger partial charge in [-0.1, -0.05) is 74.0 Å². The molecular weight excluding hydrogens is 574 g/mol. The van der Waals surface area contributed by atoms with Gasteiger partial charge >= 0.3 is 0 Å². The minimum Gasteiger partial charge on any atom is -0.322 e. The highest BCUT2D eigenvalue weighted by Crippen LogP contribution is 2.44. The summed E-state index contributed by atoms with van der Waals surface area (Å²) in [5, 5.41) is 18.8. The molecule has 0 radical (unpaired) electrons. The van der Waals surface area contributed by atoms with Crippen molar-refractivity contribution in [3.63, 3.8) is 0 Å². The summed E-state index contributed by atoms with van der Waals surface area (Å²) in [5.41, 5.74) is 9.70. The first-order chi connectivity index (χ1) is 20.1. The Kier molecular flexibility index (Phi) is 14.9. The van der Waals surface area contributed by atoms with Gasteiger partial charge in [0.1, 0.15) is 0 Å². The summed E-state index contributed by atoms with van der Waals surface area (Å²) in [7, 11) is -4.02. The van der Waals surface area contributed by atoms with Gasteiger partial charge in [-0.2, -0.15) is 13.7 Å². The van der Waals surface area contributed by atoms with Crippen molar-refractivity contribution in [1.82, 2.24) is 10.9 Å². The van der Waals surface area contributed by atoms with E-state index in [4.69, 9.17) is 16.1 Å². The normalized spacial score (nSPS) is 14.8. The van der Waals surface area contributed by atoms with Crippen LogP contribution in [0.15, 0.2) is 65.6 Å². The van der Waals surface area contributed by atoms with Gasteiger partial charge in [-0.05, 0) is 50.3 Å². The Hall–Kier alpha value is -3.93. The van der Waals surface area contributed by atoms with Crippen LogP contribution in [0.2, 0.25) is 0 Å². The predicted octanol–water partition coefficient (Wildman–Crippen LogP) is 2.92. The molecule has 234 valence electrons. The van der Waals surface area contributed by atoms with E-state index in [1.165, 1.54) is 25.1 Å². The fourth-order valence-corrected chi connectivity index (χ4v) is 5.24. The Labute approximate surface area is 252 Å². The number of aryl methyl sites for hydroxylation is 1. The van der Waals surface area contributed by atoms with Gasteiger partial charge in [0, 0.05) is 6.42 Å². The third-order valence-corrected chi connectivity index (χ3v) is 7.64. The van der Waals surface area contributed by atoms with Crippen LogP contribution in [0.5, 0.6) is 0 Å². The largest absolute Gasteiger partial charge is 0.322 e. The van der Waals surface area contributed by atoms with Crippen LogP contribution in [0.1, 0.15) is 51.2 Å². The molecule has 0 bridgehead atoms. The summed E-state index contributed by atoms with van der Waals surface area (Å²) < 4.78 is 29.6. The van der Waals surface area contributed by atoms with Crippen LogP contribution < -0.4 is 22.5 Å². The maximum absolute atomic E-state index is 13.5. The van der Waals surface area contributed by atoms with E-state index in [0.29, 0.717) is 0 Å². The first-order valence-corrected chi connectivity index (χ1v) is 15.0. The summed E-state index contributed by atoms with van der Waals surface area (Å²) in [6.07, 6.45) is 3.24. The summed E-state index contributed by atoms with van der Waals surface area (Å²) >= 11 is 0. The second-order valence-corrected chi connectivity index (χ2v) is 12.0. The number of nitrogens with two attached hydrogens (primary N) is 2. The van der Waals surface area contributed by atoms with E-state index >= 15 is 0 Å². The van der Waals surface area contributed by atoms with Gasteiger partial charge in [-0.15, -0.1) is 0 Å². The molecule has 0 saturated heterocycles. The molecule has 1 unspecified atom stereocenters. The van der Waals surface area contributed by atoms with Crippen molar-refractivity contribution >= 4 is 33.8 Å².